The summed E-state index contributed by atoms with van der Waals surface area (Å²) in [6, 6.07) is 16.2. The van der Waals surface area contributed by atoms with Gasteiger partial charge in [0.25, 0.3) is 0 Å². The fourth-order valence-electron chi connectivity index (χ4n) is 2.29. The molecule has 0 radical (unpaired) electrons. The van der Waals surface area contributed by atoms with Gasteiger partial charge >= 0.3 is 12.1 Å². The summed E-state index contributed by atoms with van der Waals surface area (Å²) in [5.74, 6) is -0.972. The molecule has 0 aliphatic rings. The molecule has 0 bridgehead atoms. The van der Waals surface area contributed by atoms with Crippen molar-refractivity contribution >= 4 is 12.1 Å². The van der Waals surface area contributed by atoms with Gasteiger partial charge in [0.1, 0.15) is 5.60 Å². The lowest BCUT2D eigenvalue weighted by Gasteiger charge is -2.27. The normalized spacial score (nSPS) is 11.0. The van der Waals surface area contributed by atoms with Crippen molar-refractivity contribution in [3.8, 4) is 0 Å². The molecule has 0 aliphatic carbocycles. The number of nitrogens with zero attached hydrogens (tertiary/aromatic N) is 1. The maximum atomic E-state index is 12.6. The number of carbonyl (C=O) groups excluding carboxylic acids is 1. The third-order valence-corrected chi connectivity index (χ3v) is 3.44. The quantitative estimate of drug-likeness (QED) is 0.879. The second-order valence-electron chi connectivity index (χ2n) is 6.82. The summed E-state index contributed by atoms with van der Waals surface area (Å²) in [4.78, 5) is 25.1. The van der Waals surface area contributed by atoms with Crippen LogP contribution in [0.3, 0.4) is 0 Å². The van der Waals surface area contributed by atoms with Crippen LogP contribution in [0.5, 0.6) is 0 Å². The topological polar surface area (TPSA) is 66.8 Å². The molecular formula is C20H23NO4. The minimum absolute atomic E-state index is 0.218. The zero-order valence-electron chi connectivity index (χ0n) is 14.7. The van der Waals surface area contributed by atoms with E-state index in [4.69, 9.17) is 9.84 Å². The number of hydrogen-bond acceptors (Lipinski definition) is 3. The van der Waals surface area contributed by atoms with Crippen molar-refractivity contribution in [2.24, 2.45) is 0 Å². The van der Waals surface area contributed by atoms with E-state index >= 15 is 0 Å². The molecule has 2 aromatic rings. The summed E-state index contributed by atoms with van der Waals surface area (Å²) in [5, 5.41) is 8.98. The van der Waals surface area contributed by atoms with Gasteiger partial charge in [-0.1, -0.05) is 42.5 Å². The van der Waals surface area contributed by atoms with Gasteiger partial charge in [0.2, 0.25) is 0 Å². The van der Waals surface area contributed by atoms with Crippen LogP contribution >= 0.6 is 0 Å². The standard InChI is InChI=1S/C20H23NO4/c1-20(2,3)25-19(24)21(13-15-7-5-4-6-8-15)14-16-9-11-17(12-10-16)18(22)23/h4-12H,13-14H2,1-3H3,(H,22,23). The summed E-state index contributed by atoms with van der Waals surface area (Å²) in [5.41, 5.74) is 1.47. The Morgan fingerprint density at radius 2 is 1.44 bits per heavy atom. The Balaban J connectivity index is 2.18. The minimum Gasteiger partial charge on any atom is -0.478 e. The van der Waals surface area contributed by atoms with Gasteiger partial charge in [0, 0.05) is 13.1 Å². The second-order valence-corrected chi connectivity index (χ2v) is 6.82. The largest absolute Gasteiger partial charge is 0.478 e. The van der Waals surface area contributed by atoms with Crippen LogP contribution in [0.4, 0.5) is 4.79 Å². The molecule has 0 spiro atoms. The molecule has 5 nitrogen and oxygen atoms in total. The van der Waals surface area contributed by atoms with Gasteiger partial charge in [-0.3, -0.25) is 4.90 Å². The van der Waals surface area contributed by atoms with E-state index in [-0.39, 0.29) is 5.56 Å². The zero-order chi connectivity index (χ0) is 18.4. The number of carboxylic acid groups (broad SMARTS) is 1. The average Bonchev–Trinajstić information content (AvgIpc) is 2.54. The van der Waals surface area contributed by atoms with Gasteiger partial charge in [0.05, 0.1) is 5.56 Å². The van der Waals surface area contributed by atoms with Crippen LogP contribution in [0.1, 0.15) is 42.3 Å². The van der Waals surface area contributed by atoms with E-state index in [1.54, 1.807) is 17.0 Å². The summed E-state index contributed by atoms with van der Waals surface area (Å²) < 4.78 is 5.50. The summed E-state index contributed by atoms with van der Waals surface area (Å²) in [6.45, 7) is 6.23. The van der Waals surface area contributed by atoms with Crippen LogP contribution in [0.25, 0.3) is 0 Å². The smallest absolute Gasteiger partial charge is 0.410 e. The van der Waals surface area contributed by atoms with Gasteiger partial charge in [0.15, 0.2) is 0 Å². The SMILES string of the molecule is CC(C)(C)OC(=O)N(Cc1ccccc1)Cc1ccc(C(=O)O)cc1. The first-order valence-corrected chi connectivity index (χ1v) is 8.09. The highest BCUT2D eigenvalue weighted by Crippen LogP contribution is 2.16. The molecule has 0 saturated carbocycles. The summed E-state index contributed by atoms with van der Waals surface area (Å²) in [7, 11) is 0. The molecule has 0 atom stereocenters. The Morgan fingerprint density at radius 1 is 0.920 bits per heavy atom. The third-order valence-electron chi connectivity index (χ3n) is 3.44. The highest BCUT2D eigenvalue weighted by Gasteiger charge is 2.22. The molecule has 1 amide bonds. The lowest BCUT2D eigenvalue weighted by atomic mass is 10.1. The predicted molar refractivity (Wildman–Crippen MR) is 95.3 cm³/mol. The van der Waals surface area contributed by atoms with Crippen molar-refractivity contribution in [1.82, 2.24) is 4.90 Å². The molecular weight excluding hydrogens is 318 g/mol. The molecule has 132 valence electrons. The minimum atomic E-state index is -0.972. The van der Waals surface area contributed by atoms with Crippen molar-refractivity contribution in [2.45, 2.75) is 39.5 Å². The Hall–Kier alpha value is -2.82. The van der Waals surface area contributed by atoms with Crippen molar-refractivity contribution < 1.29 is 19.4 Å². The van der Waals surface area contributed by atoms with Gasteiger partial charge < -0.3 is 9.84 Å². The lowest BCUT2D eigenvalue weighted by molar-refractivity contribution is 0.0216. The number of rotatable bonds is 5. The average molecular weight is 341 g/mol. The highest BCUT2D eigenvalue weighted by atomic mass is 16.6. The van der Waals surface area contributed by atoms with Crippen LogP contribution in [-0.2, 0) is 17.8 Å². The monoisotopic (exact) mass is 341 g/mol. The molecule has 0 saturated heterocycles. The maximum absolute atomic E-state index is 12.6. The Bertz CT molecular complexity index is 718. The van der Waals surface area contributed by atoms with Crippen LogP contribution < -0.4 is 0 Å². The van der Waals surface area contributed by atoms with E-state index in [1.165, 1.54) is 12.1 Å². The molecule has 2 rings (SSSR count). The molecule has 2 aromatic carbocycles. The summed E-state index contributed by atoms with van der Waals surface area (Å²) >= 11 is 0. The molecule has 1 N–H and O–H groups in total. The van der Waals surface area contributed by atoms with Gasteiger partial charge in [-0.2, -0.15) is 0 Å². The molecule has 25 heavy (non-hydrogen) atoms. The van der Waals surface area contributed by atoms with Crippen molar-refractivity contribution in [3.63, 3.8) is 0 Å². The Morgan fingerprint density at radius 3 is 1.92 bits per heavy atom. The van der Waals surface area contributed by atoms with E-state index in [0.29, 0.717) is 13.1 Å². The van der Waals surface area contributed by atoms with Crippen molar-refractivity contribution in [1.29, 1.82) is 0 Å². The number of ether oxygens (including phenoxy) is 1. The van der Waals surface area contributed by atoms with E-state index in [9.17, 15) is 9.59 Å². The lowest BCUT2D eigenvalue weighted by Crippen LogP contribution is -2.36. The molecule has 0 aliphatic heterocycles. The zero-order valence-corrected chi connectivity index (χ0v) is 14.7. The van der Waals surface area contributed by atoms with E-state index < -0.39 is 17.7 Å². The molecule has 0 unspecified atom stereocenters. The fourth-order valence-corrected chi connectivity index (χ4v) is 2.29. The number of benzene rings is 2. The van der Waals surface area contributed by atoms with Crippen LogP contribution in [0.2, 0.25) is 0 Å². The first-order valence-electron chi connectivity index (χ1n) is 8.09. The Labute approximate surface area is 147 Å². The van der Waals surface area contributed by atoms with Gasteiger partial charge in [-0.15, -0.1) is 0 Å². The third kappa shape index (κ3) is 5.95. The molecule has 5 heteroatoms. The molecule has 0 aromatic heterocycles. The van der Waals surface area contributed by atoms with Gasteiger partial charge in [-0.25, -0.2) is 9.59 Å². The van der Waals surface area contributed by atoms with Crippen molar-refractivity contribution in [3.05, 3.63) is 71.3 Å². The number of aromatic carboxylic acids is 1. The van der Waals surface area contributed by atoms with Crippen LogP contribution in [-0.4, -0.2) is 27.7 Å². The number of carbonyl (C=O) groups is 2. The van der Waals surface area contributed by atoms with E-state index in [2.05, 4.69) is 0 Å². The van der Waals surface area contributed by atoms with Crippen LogP contribution in [0, 0.1) is 0 Å². The predicted octanol–water partition coefficient (Wildman–Crippen LogP) is 4.32. The second kappa shape index (κ2) is 7.83. The first kappa shape index (κ1) is 18.5. The fraction of sp³-hybridized carbons (Fsp3) is 0.300. The number of amides is 1. The number of hydrogen-bond donors (Lipinski definition) is 1. The van der Waals surface area contributed by atoms with Crippen LogP contribution in [0.15, 0.2) is 54.6 Å². The maximum Gasteiger partial charge on any atom is 0.410 e. The molecule has 0 fully saturated rings. The summed E-state index contributed by atoms with van der Waals surface area (Å²) in [6.07, 6.45) is -0.404. The highest BCUT2D eigenvalue weighted by molar-refractivity contribution is 5.87. The number of carboxylic acids is 1. The van der Waals surface area contributed by atoms with Crippen molar-refractivity contribution in [2.75, 3.05) is 0 Å². The van der Waals surface area contributed by atoms with E-state index in [1.807, 2.05) is 51.1 Å². The van der Waals surface area contributed by atoms with Gasteiger partial charge in [-0.05, 0) is 44.0 Å². The van der Waals surface area contributed by atoms with E-state index in [0.717, 1.165) is 11.1 Å². The molecule has 0 heterocycles. The Kier molecular flexibility index (Phi) is 5.80. The first-order chi connectivity index (χ1) is 11.7.